The Bertz CT molecular complexity index is 725. The van der Waals surface area contributed by atoms with Gasteiger partial charge in [-0.2, -0.15) is 0 Å². The largest absolute Gasteiger partial charge is 0.378 e. The molecule has 1 nitrogen and oxygen atoms in total. The van der Waals surface area contributed by atoms with Crippen LogP contribution in [0.25, 0.3) is 0 Å². The van der Waals surface area contributed by atoms with Crippen molar-refractivity contribution < 1.29 is 0 Å². The van der Waals surface area contributed by atoms with Gasteiger partial charge in [0, 0.05) is 20.2 Å². The monoisotopic (exact) mass is 407 g/mol. The maximum Gasteiger partial charge on any atom is 0.0568 e. The summed E-state index contributed by atoms with van der Waals surface area (Å²) in [6.45, 7) is 0. The van der Waals surface area contributed by atoms with Crippen LogP contribution < -0.4 is 5.32 Å². The predicted octanol–water partition coefficient (Wildman–Crippen LogP) is 5.77. The van der Waals surface area contributed by atoms with Crippen molar-refractivity contribution in [1.82, 2.24) is 0 Å². The van der Waals surface area contributed by atoms with Gasteiger partial charge in [0.15, 0.2) is 0 Å². The van der Waals surface area contributed by atoms with Gasteiger partial charge in [-0.1, -0.05) is 42.0 Å². The van der Waals surface area contributed by atoms with Gasteiger partial charge in [-0.25, -0.2) is 0 Å². The highest BCUT2D eigenvalue weighted by atomic mass is 127. The van der Waals surface area contributed by atoms with E-state index >= 15 is 0 Å². The van der Waals surface area contributed by atoms with Gasteiger partial charge in [0.25, 0.3) is 0 Å². The molecule has 3 unspecified atom stereocenters. The molecule has 1 aliphatic carbocycles. The van der Waals surface area contributed by atoms with E-state index in [0.29, 0.717) is 11.8 Å². The first-order chi connectivity index (χ1) is 10.2. The highest BCUT2D eigenvalue weighted by Crippen LogP contribution is 2.50. The fraction of sp³-hybridized carbons (Fsp3) is 0.222. The average Bonchev–Trinajstić information content (AvgIpc) is 2.97. The van der Waals surface area contributed by atoms with Crippen LogP contribution in [0, 0.1) is 9.49 Å². The molecular formula is C18H15ClIN. The second kappa shape index (κ2) is 5.33. The summed E-state index contributed by atoms with van der Waals surface area (Å²) in [6, 6.07) is 15.1. The van der Waals surface area contributed by atoms with Gasteiger partial charge in [-0.3, -0.25) is 0 Å². The Labute approximate surface area is 143 Å². The second-order valence-electron chi connectivity index (χ2n) is 5.73. The van der Waals surface area contributed by atoms with Crippen LogP contribution in [-0.2, 0) is 0 Å². The Morgan fingerprint density at radius 1 is 1.10 bits per heavy atom. The van der Waals surface area contributed by atoms with Crippen molar-refractivity contribution >= 4 is 39.9 Å². The number of halogens is 2. The Hall–Kier alpha value is -1.00. The maximum atomic E-state index is 6.44. The van der Waals surface area contributed by atoms with Crippen molar-refractivity contribution in [3.63, 3.8) is 0 Å². The second-order valence-corrected chi connectivity index (χ2v) is 7.38. The standard InChI is InChI=1S/C18H15ClIN/c19-16-7-2-1-4-14(16)18-13-6-3-5-12(13)15-10-11(20)8-9-17(15)21-18/h1-5,7-10,12-13,18,21H,6H2. The molecule has 0 saturated carbocycles. The molecule has 2 aliphatic rings. The number of nitrogens with one attached hydrogen (secondary N) is 1. The first-order valence-corrected chi connectivity index (χ1v) is 8.67. The van der Waals surface area contributed by atoms with Crippen molar-refractivity contribution in [2.45, 2.75) is 18.4 Å². The molecule has 1 heterocycles. The molecule has 2 aromatic carbocycles. The Balaban J connectivity index is 1.82. The summed E-state index contributed by atoms with van der Waals surface area (Å²) < 4.78 is 1.29. The third-order valence-corrected chi connectivity index (χ3v) is 5.58. The van der Waals surface area contributed by atoms with Crippen LogP contribution >= 0.6 is 34.2 Å². The number of anilines is 1. The molecule has 0 fully saturated rings. The van der Waals surface area contributed by atoms with Crippen LogP contribution in [0.1, 0.15) is 29.5 Å². The minimum Gasteiger partial charge on any atom is -0.378 e. The van der Waals surface area contributed by atoms with E-state index in [1.807, 2.05) is 12.1 Å². The predicted molar refractivity (Wildman–Crippen MR) is 97.0 cm³/mol. The fourth-order valence-corrected chi connectivity index (χ4v) is 4.37. The van der Waals surface area contributed by atoms with E-state index in [2.05, 4.69) is 70.4 Å². The molecule has 3 heteroatoms. The van der Waals surface area contributed by atoms with Gasteiger partial charge < -0.3 is 5.32 Å². The lowest BCUT2D eigenvalue weighted by Gasteiger charge is -2.38. The number of allylic oxidation sites excluding steroid dienone is 2. The maximum absolute atomic E-state index is 6.44. The quantitative estimate of drug-likeness (QED) is 0.467. The zero-order chi connectivity index (χ0) is 14.4. The molecule has 2 aromatic rings. The summed E-state index contributed by atoms with van der Waals surface area (Å²) in [4.78, 5) is 0. The number of fused-ring (bicyclic) bond motifs is 3. The number of hydrogen-bond acceptors (Lipinski definition) is 1. The molecule has 0 spiro atoms. The molecule has 106 valence electrons. The van der Waals surface area contributed by atoms with E-state index in [4.69, 9.17) is 11.6 Å². The Morgan fingerprint density at radius 3 is 2.81 bits per heavy atom. The molecule has 0 amide bonds. The summed E-state index contributed by atoms with van der Waals surface area (Å²) >= 11 is 8.83. The highest BCUT2D eigenvalue weighted by molar-refractivity contribution is 14.1. The van der Waals surface area contributed by atoms with Crippen molar-refractivity contribution in [2.75, 3.05) is 5.32 Å². The van der Waals surface area contributed by atoms with E-state index in [1.54, 1.807) is 0 Å². The molecule has 3 atom stereocenters. The van der Waals surface area contributed by atoms with Crippen molar-refractivity contribution in [3.05, 3.63) is 74.3 Å². The van der Waals surface area contributed by atoms with Crippen LogP contribution in [0.15, 0.2) is 54.6 Å². The lowest BCUT2D eigenvalue weighted by molar-refractivity contribution is 0.425. The minimum absolute atomic E-state index is 0.284. The van der Waals surface area contributed by atoms with E-state index in [1.165, 1.54) is 20.4 Å². The molecule has 0 bridgehead atoms. The van der Waals surface area contributed by atoms with Gasteiger partial charge in [0.2, 0.25) is 0 Å². The molecule has 1 aliphatic heterocycles. The molecule has 21 heavy (non-hydrogen) atoms. The molecule has 0 saturated heterocycles. The van der Waals surface area contributed by atoms with Crippen molar-refractivity contribution in [2.24, 2.45) is 5.92 Å². The summed E-state index contributed by atoms with van der Waals surface area (Å²) in [5.41, 5.74) is 3.87. The van der Waals surface area contributed by atoms with E-state index in [0.717, 1.165) is 11.4 Å². The van der Waals surface area contributed by atoms with Crippen molar-refractivity contribution in [1.29, 1.82) is 0 Å². The highest BCUT2D eigenvalue weighted by Gasteiger charge is 2.38. The molecular weight excluding hydrogens is 393 g/mol. The first-order valence-electron chi connectivity index (χ1n) is 7.21. The third kappa shape index (κ3) is 2.29. The van der Waals surface area contributed by atoms with Crippen LogP contribution in [-0.4, -0.2) is 0 Å². The van der Waals surface area contributed by atoms with Gasteiger partial charge >= 0.3 is 0 Å². The van der Waals surface area contributed by atoms with Crippen LogP contribution in [0.2, 0.25) is 5.02 Å². The molecule has 4 rings (SSSR count). The molecule has 0 aromatic heterocycles. The van der Waals surface area contributed by atoms with Gasteiger partial charge in [0.05, 0.1) is 6.04 Å². The lowest BCUT2D eigenvalue weighted by Crippen LogP contribution is -2.29. The topological polar surface area (TPSA) is 12.0 Å². The van der Waals surface area contributed by atoms with Crippen LogP contribution in [0.5, 0.6) is 0 Å². The molecule has 1 N–H and O–H groups in total. The number of hydrogen-bond donors (Lipinski definition) is 1. The van der Waals surface area contributed by atoms with Gasteiger partial charge in [0.1, 0.15) is 0 Å². The third-order valence-electron chi connectivity index (χ3n) is 4.57. The van der Waals surface area contributed by atoms with Crippen molar-refractivity contribution in [3.8, 4) is 0 Å². The average molecular weight is 408 g/mol. The van der Waals surface area contributed by atoms with E-state index < -0.39 is 0 Å². The van der Waals surface area contributed by atoms with Crippen LogP contribution in [0.4, 0.5) is 5.69 Å². The first kappa shape index (κ1) is 13.6. The number of benzene rings is 2. The normalized spacial score (nSPS) is 26.1. The van der Waals surface area contributed by atoms with Crippen LogP contribution in [0.3, 0.4) is 0 Å². The smallest absolute Gasteiger partial charge is 0.0568 e. The Kier molecular flexibility index (Phi) is 3.46. The summed E-state index contributed by atoms with van der Waals surface area (Å²) in [6.07, 6.45) is 5.79. The zero-order valence-electron chi connectivity index (χ0n) is 11.4. The summed E-state index contributed by atoms with van der Waals surface area (Å²) in [5.74, 6) is 1.05. The van der Waals surface area contributed by atoms with Gasteiger partial charge in [-0.05, 0) is 70.3 Å². The summed E-state index contributed by atoms with van der Waals surface area (Å²) in [7, 11) is 0. The van der Waals surface area contributed by atoms with Gasteiger partial charge in [-0.15, -0.1) is 0 Å². The fourth-order valence-electron chi connectivity index (χ4n) is 3.60. The molecule has 0 radical (unpaired) electrons. The minimum atomic E-state index is 0.284. The number of rotatable bonds is 1. The van der Waals surface area contributed by atoms with E-state index in [9.17, 15) is 0 Å². The summed E-state index contributed by atoms with van der Waals surface area (Å²) in [5, 5.41) is 4.58. The zero-order valence-corrected chi connectivity index (χ0v) is 14.3. The van der Waals surface area contributed by atoms with E-state index in [-0.39, 0.29) is 6.04 Å². The SMILES string of the molecule is Clc1ccccc1C1Nc2ccc(I)cc2C2C=CCC21. The lowest BCUT2D eigenvalue weighted by atomic mass is 9.77. The Morgan fingerprint density at radius 2 is 1.95 bits per heavy atom.